The van der Waals surface area contributed by atoms with Crippen LogP contribution in [0.3, 0.4) is 0 Å². The number of fused-ring (bicyclic) bond motifs is 1. The maximum atomic E-state index is 10.7. The Morgan fingerprint density at radius 2 is 2.22 bits per heavy atom. The van der Waals surface area contributed by atoms with Crippen molar-refractivity contribution in [2.45, 2.75) is 31.6 Å². The van der Waals surface area contributed by atoms with Crippen molar-refractivity contribution in [1.29, 1.82) is 0 Å². The van der Waals surface area contributed by atoms with Crippen molar-refractivity contribution in [2.24, 2.45) is 7.05 Å². The molecule has 0 saturated heterocycles. The first-order chi connectivity index (χ1) is 8.66. The van der Waals surface area contributed by atoms with Gasteiger partial charge in [0, 0.05) is 30.6 Å². The predicted octanol–water partition coefficient (Wildman–Crippen LogP) is 3.07. The molecule has 3 heteroatoms. The summed E-state index contributed by atoms with van der Waals surface area (Å²) in [4.78, 5) is 10.7. The molecule has 1 fully saturated rings. The molecule has 0 unspecified atom stereocenters. The molecular weight excluding hydrogens is 226 g/mol. The van der Waals surface area contributed by atoms with Crippen LogP contribution in [0.4, 0.5) is 0 Å². The minimum Gasteiger partial charge on any atom is -0.481 e. The molecule has 1 aliphatic carbocycles. The predicted molar refractivity (Wildman–Crippen MR) is 70.9 cm³/mol. The zero-order valence-corrected chi connectivity index (χ0v) is 10.5. The number of carboxylic acids is 1. The number of carboxylic acid groups (broad SMARTS) is 1. The maximum absolute atomic E-state index is 10.7. The fourth-order valence-corrected chi connectivity index (χ4v) is 2.73. The Kier molecular flexibility index (Phi) is 2.62. The third-order valence-corrected chi connectivity index (χ3v) is 3.75. The molecule has 1 aromatic carbocycles. The topological polar surface area (TPSA) is 42.2 Å². The minimum atomic E-state index is -0.726. The van der Waals surface area contributed by atoms with Crippen molar-refractivity contribution in [2.75, 3.05) is 0 Å². The number of carbonyl (C=O) groups is 1. The van der Waals surface area contributed by atoms with Crippen molar-refractivity contribution in [3.63, 3.8) is 0 Å². The molecule has 94 valence electrons. The summed E-state index contributed by atoms with van der Waals surface area (Å²) < 4.78 is 2.11. The molecule has 0 aliphatic heterocycles. The summed E-state index contributed by atoms with van der Waals surface area (Å²) in [7, 11) is 2.03. The van der Waals surface area contributed by atoms with Crippen LogP contribution in [0.5, 0.6) is 0 Å². The van der Waals surface area contributed by atoms with Gasteiger partial charge in [0.15, 0.2) is 0 Å². The Balaban J connectivity index is 2.09. The average Bonchev–Trinajstić information content (AvgIpc) is 3.13. The number of nitrogens with zero attached hydrogens (tertiary/aromatic N) is 1. The van der Waals surface area contributed by atoms with E-state index < -0.39 is 5.97 Å². The van der Waals surface area contributed by atoms with Gasteiger partial charge >= 0.3 is 5.97 Å². The third-order valence-electron chi connectivity index (χ3n) is 3.75. The lowest BCUT2D eigenvalue weighted by Gasteiger charge is -2.04. The van der Waals surface area contributed by atoms with Crippen LogP contribution in [-0.4, -0.2) is 15.6 Å². The van der Waals surface area contributed by atoms with E-state index in [4.69, 9.17) is 5.11 Å². The Bertz CT molecular complexity index is 608. The molecule has 3 nitrogen and oxygen atoms in total. The van der Waals surface area contributed by atoms with Gasteiger partial charge < -0.3 is 9.67 Å². The van der Waals surface area contributed by atoms with Gasteiger partial charge in [-0.3, -0.25) is 4.79 Å². The molecule has 2 aromatic rings. The summed E-state index contributed by atoms with van der Waals surface area (Å²) >= 11 is 0. The lowest BCUT2D eigenvalue weighted by Crippen LogP contribution is -1.97. The summed E-state index contributed by atoms with van der Waals surface area (Å²) in [5.74, 6) is -0.0319. The van der Waals surface area contributed by atoms with Gasteiger partial charge in [0.25, 0.3) is 0 Å². The number of hydrogen-bond donors (Lipinski definition) is 1. The molecule has 0 amide bonds. The molecule has 18 heavy (non-hydrogen) atoms. The van der Waals surface area contributed by atoms with Gasteiger partial charge in [-0.15, -0.1) is 0 Å². The summed E-state index contributed by atoms with van der Waals surface area (Å²) in [6.07, 6.45) is 5.45. The quantitative estimate of drug-likeness (QED) is 0.896. The number of aryl methyl sites for hydroxylation is 2. The highest BCUT2D eigenvalue weighted by molar-refractivity contribution is 5.88. The van der Waals surface area contributed by atoms with E-state index in [-0.39, 0.29) is 6.42 Å². The molecule has 1 saturated carbocycles. The van der Waals surface area contributed by atoms with E-state index in [9.17, 15) is 4.79 Å². The zero-order chi connectivity index (χ0) is 12.7. The highest BCUT2D eigenvalue weighted by Gasteiger charge is 2.26. The summed E-state index contributed by atoms with van der Waals surface area (Å²) in [6.45, 7) is 0. The van der Waals surface area contributed by atoms with Crippen LogP contribution in [0.2, 0.25) is 0 Å². The average molecular weight is 243 g/mol. The second-order valence-electron chi connectivity index (χ2n) is 5.17. The van der Waals surface area contributed by atoms with Crippen molar-refractivity contribution in [3.05, 3.63) is 35.5 Å². The van der Waals surface area contributed by atoms with Gasteiger partial charge in [0.05, 0.1) is 0 Å². The first kappa shape index (κ1) is 11.3. The maximum Gasteiger partial charge on any atom is 0.303 e. The second kappa shape index (κ2) is 4.16. The molecule has 0 bridgehead atoms. The van der Waals surface area contributed by atoms with Gasteiger partial charge in [-0.05, 0) is 42.4 Å². The largest absolute Gasteiger partial charge is 0.481 e. The van der Waals surface area contributed by atoms with E-state index in [0.29, 0.717) is 12.3 Å². The fourth-order valence-electron chi connectivity index (χ4n) is 2.73. The fraction of sp³-hybridized carbons (Fsp3) is 0.400. The number of aromatic nitrogens is 1. The van der Waals surface area contributed by atoms with Crippen LogP contribution in [-0.2, 0) is 18.3 Å². The molecular formula is C15H17NO2. The molecule has 1 aromatic heterocycles. The van der Waals surface area contributed by atoms with Crippen molar-refractivity contribution >= 4 is 16.9 Å². The Morgan fingerprint density at radius 1 is 1.44 bits per heavy atom. The van der Waals surface area contributed by atoms with Crippen LogP contribution in [0.1, 0.15) is 36.3 Å². The monoisotopic (exact) mass is 243 g/mol. The highest BCUT2D eigenvalue weighted by atomic mass is 16.4. The van der Waals surface area contributed by atoms with Gasteiger partial charge in [0.2, 0.25) is 0 Å². The van der Waals surface area contributed by atoms with E-state index in [1.54, 1.807) is 0 Å². The normalized spacial score (nSPS) is 15.2. The number of rotatable bonds is 4. The van der Waals surface area contributed by atoms with Gasteiger partial charge in [-0.1, -0.05) is 12.1 Å². The Morgan fingerprint density at radius 3 is 2.89 bits per heavy atom. The van der Waals surface area contributed by atoms with E-state index in [0.717, 1.165) is 0 Å². The van der Waals surface area contributed by atoms with Crippen molar-refractivity contribution in [1.82, 2.24) is 4.57 Å². The van der Waals surface area contributed by atoms with E-state index in [1.165, 1.54) is 34.9 Å². The van der Waals surface area contributed by atoms with E-state index in [2.05, 4.69) is 29.0 Å². The molecule has 0 atom stereocenters. The number of hydrogen-bond acceptors (Lipinski definition) is 1. The number of aliphatic carboxylic acids is 1. The zero-order valence-electron chi connectivity index (χ0n) is 10.5. The van der Waals surface area contributed by atoms with Crippen LogP contribution < -0.4 is 0 Å². The first-order valence-electron chi connectivity index (χ1n) is 6.45. The SMILES string of the molecule is Cn1cc(CCC(=O)O)c2c(C3CC3)cccc21. The molecule has 1 N–H and O–H groups in total. The lowest BCUT2D eigenvalue weighted by atomic mass is 10.0. The summed E-state index contributed by atoms with van der Waals surface area (Å²) in [5, 5.41) is 10.1. The molecule has 1 aliphatic rings. The standard InChI is InChI=1S/C15H17NO2/c1-16-9-11(7-8-14(17)18)15-12(10-5-6-10)3-2-4-13(15)16/h2-4,9-10H,5-8H2,1H3,(H,17,18). The van der Waals surface area contributed by atoms with Gasteiger partial charge in [-0.25, -0.2) is 0 Å². The Labute approximate surface area is 106 Å². The van der Waals surface area contributed by atoms with Crippen LogP contribution in [0.15, 0.2) is 24.4 Å². The second-order valence-corrected chi connectivity index (χ2v) is 5.17. The smallest absolute Gasteiger partial charge is 0.303 e. The first-order valence-corrected chi connectivity index (χ1v) is 6.45. The minimum absolute atomic E-state index is 0.206. The number of benzene rings is 1. The van der Waals surface area contributed by atoms with E-state index >= 15 is 0 Å². The summed E-state index contributed by atoms with van der Waals surface area (Å²) in [6, 6.07) is 6.42. The van der Waals surface area contributed by atoms with Crippen molar-refractivity contribution < 1.29 is 9.90 Å². The van der Waals surface area contributed by atoms with Crippen LogP contribution >= 0.6 is 0 Å². The van der Waals surface area contributed by atoms with Crippen molar-refractivity contribution in [3.8, 4) is 0 Å². The van der Waals surface area contributed by atoms with Crippen LogP contribution in [0.25, 0.3) is 10.9 Å². The Hall–Kier alpha value is -1.77. The molecule has 0 radical (unpaired) electrons. The van der Waals surface area contributed by atoms with Crippen LogP contribution in [0, 0.1) is 0 Å². The highest BCUT2D eigenvalue weighted by Crippen LogP contribution is 2.44. The third kappa shape index (κ3) is 1.90. The van der Waals surface area contributed by atoms with Gasteiger partial charge in [0.1, 0.15) is 0 Å². The lowest BCUT2D eigenvalue weighted by molar-refractivity contribution is -0.136. The molecule has 0 spiro atoms. The molecule has 3 rings (SSSR count). The summed E-state index contributed by atoms with van der Waals surface area (Å²) in [5.41, 5.74) is 3.81. The molecule has 1 heterocycles. The van der Waals surface area contributed by atoms with E-state index in [1.807, 2.05) is 7.05 Å². The van der Waals surface area contributed by atoms with Gasteiger partial charge in [-0.2, -0.15) is 0 Å².